The smallest absolute Gasteiger partial charge is 0.262 e. The first-order chi connectivity index (χ1) is 10.1. The number of rotatable bonds is 2. The minimum Gasteiger partial charge on any atom is -0.364 e. The van der Waals surface area contributed by atoms with E-state index in [9.17, 15) is 4.79 Å². The second kappa shape index (κ2) is 5.41. The van der Waals surface area contributed by atoms with Crippen molar-refractivity contribution in [3.63, 3.8) is 0 Å². The minimum absolute atomic E-state index is 0.0189. The van der Waals surface area contributed by atoms with Gasteiger partial charge in [0, 0.05) is 16.4 Å². The fraction of sp³-hybridized carbons (Fsp3) is 0.235. The zero-order valence-electron chi connectivity index (χ0n) is 12.0. The molecule has 4 heteroatoms. The molecular formula is C17H17ClN2O. The molecule has 0 aromatic heterocycles. The van der Waals surface area contributed by atoms with Gasteiger partial charge >= 0.3 is 0 Å². The van der Waals surface area contributed by atoms with Crippen LogP contribution in [-0.2, 0) is 0 Å². The summed E-state index contributed by atoms with van der Waals surface area (Å²) < 4.78 is 0. The molecule has 2 aromatic rings. The zero-order chi connectivity index (χ0) is 15.0. The number of carbonyl (C=O) groups is 1. The maximum absolute atomic E-state index is 12.9. The van der Waals surface area contributed by atoms with Gasteiger partial charge in [-0.1, -0.05) is 37.6 Å². The molecule has 1 amide bonds. The van der Waals surface area contributed by atoms with Gasteiger partial charge in [0.05, 0.1) is 5.56 Å². The summed E-state index contributed by atoms with van der Waals surface area (Å²) in [6.45, 7) is 4.20. The first kappa shape index (κ1) is 14.0. The van der Waals surface area contributed by atoms with E-state index in [-0.39, 0.29) is 18.0 Å². The van der Waals surface area contributed by atoms with Gasteiger partial charge in [-0.2, -0.15) is 0 Å². The molecule has 0 aliphatic carbocycles. The molecule has 2 aromatic carbocycles. The van der Waals surface area contributed by atoms with E-state index in [2.05, 4.69) is 19.2 Å². The van der Waals surface area contributed by atoms with Crippen molar-refractivity contribution in [3.05, 3.63) is 59.1 Å². The molecule has 1 aliphatic heterocycles. The van der Waals surface area contributed by atoms with Crippen LogP contribution in [0, 0.1) is 5.92 Å². The van der Waals surface area contributed by atoms with Crippen molar-refractivity contribution < 1.29 is 4.79 Å². The fourth-order valence-corrected chi connectivity index (χ4v) is 2.75. The molecule has 0 saturated carbocycles. The lowest BCUT2D eigenvalue weighted by atomic mass is 10.0. The largest absolute Gasteiger partial charge is 0.364 e. The van der Waals surface area contributed by atoms with Crippen LogP contribution >= 0.6 is 11.6 Å². The highest BCUT2D eigenvalue weighted by Gasteiger charge is 2.34. The Labute approximate surface area is 129 Å². The highest BCUT2D eigenvalue weighted by Crippen LogP contribution is 2.32. The van der Waals surface area contributed by atoms with Crippen LogP contribution in [0.25, 0.3) is 0 Å². The van der Waals surface area contributed by atoms with E-state index in [1.807, 2.05) is 53.4 Å². The Bertz CT molecular complexity index is 667. The van der Waals surface area contributed by atoms with Crippen molar-refractivity contribution in [2.24, 2.45) is 5.92 Å². The molecule has 0 bridgehead atoms. The number of amides is 1. The van der Waals surface area contributed by atoms with E-state index in [4.69, 9.17) is 11.6 Å². The normalized spacial score (nSPS) is 17.6. The second-order valence-electron chi connectivity index (χ2n) is 5.53. The number of anilines is 2. The van der Waals surface area contributed by atoms with Crippen LogP contribution in [0.5, 0.6) is 0 Å². The Balaban J connectivity index is 2.08. The van der Waals surface area contributed by atoms with E-state index in [1.165, 1.54) is 0 Å². The maximum Gasteiger partial charge on any atom is 0.262 e. The molecular weight excluding hydrogens is 284 g/mol. The van der Waals surface area contributed by atoms with E-state index in [1.54, 1.807) is 0 Å². The second-order valence-corrected chi connectivity index (χ2v) is 5.97. The van der Waals surface area contributed by atoms with E-state index >= 15 is 0 Å². The molecule has 0 saturated heterocycles. The topological polar surface area (TPSA) is 32.3 Å². The molecule has 1 atom stereocenters. The summed E-state index contributed by atoms with van der Waals surface area (Å²) in [6.07, 6.45) is -0.0754. The van der Waals surface area contributed by atoms with Gasteiger partial charge in [0.25, 0.3) is 5.91 Å². The molecule has 3 rings (SSSR count). The van der Waals surface area contributed by atoms with Gasteiger partial charge in [0.2, 0.25) is 0 Å². The molecule has 3 nitrogen and oxygen atoms in total. The average Bonchev–Trinajstić information content (AvgIpc) is 2.48. The van der Waals surface area contributed by atoms with Gasteiger partial charge in [-0.15, -0.1) is 0 Å². The molecule has 0 radical (unpaired) electrons. The summed E-state index contributed by atoms with van der Waals surface area (Å²) in [7, 11) is 0. The maximum atomic E-state index is 12.9. The Hall–Kier alpha value is -2.00. The molecule has 108 valence electrons. The zero-order valence-corrected chi connectivity index (χ0v) is 12.8. The van der Waals surface area contributed by atoms with Gasteiger partial charge in [-0.3, -0.25) is 9.69 Å². The highest BCUT2D eigenvalue weighted by atomic mass is 35.5. The molecule has 0 fully saturated rings. The van der Waals surface area contributed by atoms with E-state index < -0.39 is 0 Å². The lowest BCUT2D eigenvalue weighted by Crippen LogP contribution is -2.51. The third-order valence-corrected chi connectivity index (χ3v) is 3.95. The third-order valence-electron chi connectivity index (χ3n) is 3.69. The van der Waals surface area contributed by atoms with Crippen LogP contribution in [0.15, 0.2) is 48.5 Å². The van der Waals surface area contributed by atoms with Crippen molar-refractivity contribution in [2.75, 3.05) is 10.2 Å². The lowest BCUT2D eigenvalue weighted by molar-refractivity contribution is 0.0968. The Morgan fingerprint density at radius 2 is 1.76 bits per heavy atom. The predicted octanol–water partition coefficient (Wildman–Crippen LogP) is 4.39. The standard InChI is InChI=1S/C17H17ClN2O/c1-11(2)16-19-15-6-4-3-5-14(15)17(21)20(16)13-9-7-12(18)8-10-13/h3-11,16,19H,1-2H3. The summed E-state index contributed by atoms with van der Waals surface area (Å²) in [6, 6.07) is 15.0. The first-order valence-electron chi connectivity index (χ1n) is 7.02. The number of para-hydroxylation sites is 1. The summed E-state index contributed by atoms with van der Waals surface area (Å²) in [4.78, 5) is 14.7. The van der Waals surface area contributed by atoms with Gasteiger partial charge in [-0.05, 0) is 42.3 Å². The average molecular weight is 301 g/mol. The fourth-order valence-electron chi connectivity index (χ4n) is 2.62. The Morgan fingerprint density at radius 1 is 1.10 bits per heavy atom. The monoisotopic (exact) mass is 300 g/mol. The number of halogens is 1. The third kappa shape index (κ3) is 2.49. The number of hydrogen-bond donors (Lipinski definition) is 1. The molecule has 21 heavy (non-hydrogen) atoms. The van der Waals surface area contributed by atoms with Crippen LogP contribution in [0.1, 0.15) is 24.2 Å². The molecule has 1 aliphatic rings. The summed E-state index contributed by atoms with van der Waals surface area (Å²) in [5.74, 6) is 0.295. The predicted molar refractivity (Wildman–Crippen MR) is 87.0 cm³/mol. The Morgan fingerprint density at radius 3 is 2.43 bits per heavy atom. The van der Waals surface area contributed by atoms with Crippen molar-refractivity contribution in [1.82, 2.24) is 0 Å². The number of carbonyl (C=O) groups excluding carboxylic acids is 1. The lowest BCUT2D eigenvalue weighted by Gasteiger charge is -2.40. The van der Waals surface area contributed by atoms with Gasteiger partial charge in [0.1, 0.15) is 6.17 Å². The molecule has 1 heterocycles. The van der Waals surface area contributed by atoms with Crippen LogP contribution in [0.2, 0.25) is 5.02 Å². The van der Waals surface area contributed by atoms with Crippen molar-refractivity contribution in [1.29, 1.82) is 0 Å². The number of nitrogens with one attached hydrogen (secondary N) is 1. The van der Waals surface area contributed by atoms with E-state index in [0.717, 1.165) is 11.4 Å². The summed E-state index contributed by atoms with van der Waals surface area (Å²) >= 11 is 5.95. The minimum atomic E-state index is -0.0754. The van der Waals surface area contributed by atoms with Crippen molar-refractivity contribution in [2.45, 2.75) is 20.0 Å². The van der Waals surface area contributed by atoms with E-state index in [0.29, 0.717) is 10.6 Å². The SMILES string of the molecule is CC(C)C1Nc2ccccc2C(=O)N1c1ccc(Cl)cc1. The van der Waals surface area contributed by atoms with Crippen LogP contribution < -0.4 is 10.2 Å². The Kier molecular flexibility index (Phi) is 3.60. The first-order valence-corrected chi connectivity index (χ1v) is 7.40. The molecule has 1 N–H and O–H groups in total. The van der Waals surface area contributed by atoms with Gasteiger partial charge in [0.15, 0.2) is 0 Å². The quantitative estimate of drug-likeness (QED) is 0.892. The van der Waals surface area contributed by atoms with Crippen molar-refractivity contribution >= 4 is 28.9 Å². The number of fused-ring (bicyclic) bond motifs is 1. The molecule has 0 spiro atoms. The van der Waals surface area contributed by atoms with Crippen molar-refractivity contribution in [3.8, 4) is 0 Å². The number of benzene rings is 2. The molecule has 1 unspecified atom stereocenters. The van der Waals surface area contributed by atoms with Crippen LogP contribution in [0.4, 0.5) is 11.4 Å². The number of hydrogen-bond acceptors (Lipinski definition) is 2. The van der Waals surface area contributed by atoms with Crippen LogP contribution in [-0.4, -0.2) is 12.1 Å². The summed E-state index contributed by atoms with van der Waals surface area (Å²) in [5.41, 5.74) is 2.45. The summed E-state index contributed by atoms with van der Waals surface area (Å²) in [5, 5.41) is 4.13. The van der Waals surface area contributed by atoms with Gasteiger partial charge in [-0.25, -0.2) is 0 Å². The van der Waals surface area contributed by atoms with Gasteiger partial charge < -0.3 is 5.32 Å². The van der Waals surface area contributed by atoms with Crippen LogP contribution in [0.3, 0.4) is 0 Å². The highest BCUT2D eigenvalue weighted by molar-refractivity contribution is 6.30. The number of nitrogens with zero attached hydrogens (tertiary/aromatic N) is 1.